The molecule has 0 radical (unpaired) electrons. The zero-order chi connectivity index (χ0) is 14.5. The van der Waals surface area contributed by atoms with Gasteiger partial charge in [-0.3, -0.25) is 0 Å². The van der Waals surface area contributed by atoms with E-state index in [1.165, 1.54) is 16.9 Å². The molecular formula is C16H16O3S2. The number of benzene rings is 2. The third-order valence-electron chi connectivity index (χ3n) is 2.98. The van der Waals surface area contributed by atoms with E-state index in [0.29, 0.717) is 13.2 Å². The topological polar surface area (TPSA) is 27.7 Å². The summed E-state index contributed by atoms with van der Waals surface area (Å²) in [6.07, 6.45) is 1.84. The summed E-state index contributed by atoms with van der Waals surface area (Å²) in [7, 11) is 0. The molecule has 0 bridgehead atoms. The molecule has 0 aliphatic carbocycles. The van der Waals surface area contributed by atoms with Crippen molar-refractivity contribution in [2.45, 2.75) is 15.9 Å². The molecule has 0 saturated carbocycles. The van der Waals surface area contributed by atoms with Crippen LogP contribution in [0.5, 0.6) is 11.5 Å². The molecule has 3 nitrogen and oxygen atoms in total. The highest BCUT2D eigenvalue weighted by atomic mass is 32.2. The fourth-order valence-corrected chi connectivity index (χ4v) is 3.17. The second-order valence-corrected chi connectivity index (χ2v) is 6.24. The first kappa shape index (κ1) is 14.6. The summed E-state index contributed by atoms with van der Waals surface area (Å²) in [5.74, 6) is 1.59. The molecule has 3 rings (SSSR count). The van der Waals surface area contributed by atoms with Crippen LogP contribution in [0.1, 0.15) is 0 Å². The zero-order valence-electron chi connectivity index (χ0n) is 11.7. The molecule has 0 aromatic heterocycles. The highest BCUT2D eigenvalue weighted by Crippen LogP contribution is 2.37. The lowest BCUT2D eigenvalue weighted by Gasteiger charge is -2.26. The van der Waals surface area contributed by atoms with E-state index in [9.17, 15) is 0 Å². The summed E-state index contributed by atoms with van der Waals surface area (Å²) < 4.78 is 17.0. The average molecular weight is 320 g/mol. The van der Waals surface area contributed by atoms with Gasteiger partial charge in [-0.15, -0.1) is 0 Å². The third kappa shape index (κ3) is 3.87. The maximum absolute atomic E-state index is 5.94. The van der Waals surface area contributed by atoms with Gasteiger partial charge in [-0.2, -0.15) is 0 Å². The van der Waals surface area contributed by atoms with Gasteiger partial charge in [-0.05, 0) is 42.4 Å². The monoisotopic (exact) mass is 320 g/mol. The summed E-state index contributed by atoms with van der Waals surface area (Å²) in [6.45, 7) is 1.05. The van der Waals surface area contributed by atoms with E-state index in [0.717, 1.165) is 16.4 Å². The van der Waals surface area contributed by atoms with E-state index in [4.69, 9.17) is 13.7 Å². The van der Waals surface area contributed by atoms with Gasteiger partial charge in [0.25, 0.3) is 0 Å². The molecule has 0 fully saturated rings. The number of ether oxygens (including phenoxy) is 2. The fraction of sp³-hybridized carbons (Fsp3) is 0.250. The van der Waals surface area contributed by atoms with E-state index < -0.39 is 0 Å². The quantitative estimate of drug-likeness (QED) is 0.767. The molecule has 1 unspecified atom stereocenters. The molecule has 0 saturated heterocycles. The number of fused-ring (bicyclic) bond motifs is 1. The van der Waals surface area contributed by atoms with Crippen LogP contribution < -0.4 is 9.47 Å². The van der Waals surface area contributed by atoms with Crippen LogP contribution in [0.25, 0.3) is 0 Å². The summed E-state index contributed by atoms with van der Waals surface area (Å²) in [5.41, 5.74) is 0. The predicted molar refractivity (Wildman–Crippen MR) is 86.4 cm³/mol. The highest BCUT2D eigenvalue weighted by Gasteiger charge is 2.21. The van der Waals surface area contributed by atoms with Crippen LogP contribution in [-0.4, -0.2) is 25.6 Å². The molecule has 1 aliphatic heterocycles. The summed E-state index contributed by atoms with van der Waals surface area (Å²) in [5, 5.41) is 0. The lowest BCUT2D eigenvalue weighted by atomic mass is 10.2. The average Bonchev–Trinajstić information content (AvgIpc) is 2.53. The van der Waals surface area contributed by atoms with Gasteiger partial charge in [0, 0.05) is 16.0 Å². The normalized spacial score (nSPS) is 16.7. The van der Waals surface area contributed by atoms with Crippen molar-refractivity contribution in [2.75, 3.05) is 19.5 Å². The maximum Gasteiger partial charge on any atom is 0.163 e. The predicted octanol–water partition coefficient (Wildman–Crippen LogP) is 4.27. The van der Waals surface area contributed by atoms with Crippen molar-refractivity contribution in [3.8, 4) is 11.5 Å². The molecule has 110 valence electrons. The standard InChI is InChI=1S/C16H16O3S2/c1-20-18-11-12-10-17-15-8-7-14(9-16(15)19-12)21-13-5-3-2-4-6-13/h2-9,12H,10-11H2,1H3. The lowest BCUT2D eigenvalue weighted by molar-refractivity contribution is 0.0595. The van der Waals surface area contributed by atoms with Crippen molar-refractivity contribution in [2.24, 2.45) is 0 Å². The summed E-state index contributed by atoms with van der Waals surface area (Å²) >= 11 is 3.05. The van der Waals surface area contributed by atoms with Gasteiger partial charge in [-0.1, -0.05) is 30.0 Å². The van der Waals surface area contributed by atoms with Crippen LogP contribution in [0.3, 0.4) is 0 Å². The molecule has 1 aliphatic rings. The van der Waals surface area contributed by atoms with Gasteiger partial charge in [-0.25, -0.2) is 0 Å². The Labute approximate surface area is 133 Å². The van der Waals surface area contributed by atoms with Crippen LogP contribution in [0.2, 0.25) is 0 Å². The molecule has 2 aromatic rings. The van der Waals surface area contributed by atoms with Crippen molar-refractivity contribution in [1.82, 2.24) is 0 Å². The largest absolute Gasteiger partial charge is 0.486 e. The molecular weight excluding hydrogens is 304 g/mol. The van der Waals surface area contributed by atoms with E-state index in [1.54, 1.807) is 11.8 Å². The Morgan fingerprint density at radius 2 is 1.95 bits per heavy atom. The Hall–Kier alpha value is -1.30. The van der Waals surface area contributed by atoms with Gasteiger partial charge >= 0.3 is 0 Å². The minimum atomic E-state index is -0.0538. The van der Waals surface area contributed by atoms with Crippen molar-refractivity contribution in [3.63, 3.8) is 0 Å². The highest BCUT2D eigenvalue weighted by molar-refractivity contribution is 7.99. The molecule has 5 heteroatoms. The Morgan fingerprint density at radius 1 is 1.10 bits per heavy atom. The van der Waals surface area contributed by atoms with E-state index in [2.05, 4.69) is 18.2 Å². The lowest BCUT2D eigenvalue weighted by Crippen LogP contribution is -2.32. The van der Waals surface area contributed by atoms with Gasteiger partial charge < -0.3 is 13.7 Å². The van der Waals surface area contributed by atoms with Crippen molar-refractivity contribution >= 4 is 23.8 Å². The minimum Gasteiger partial charge on any atom is -0.486 e. The van der Waals surface area contributed by atoms with Gasteiger partial charge in [0.1, 0.15) is 13.2 Å². The van der Waals surface area contributed by atoms with Crippen molar-refractivity contribution in [1.29, 1.82) is 0 Å². The van der Waals surface area contributed by atoms with E-state index >= 15 is 0 Å². The van der Waals surface area contributed by atoms with E-state index in [1.807, 2.05) is 36.6 Å². The van der Waals surface area contributed by atoms with Crippen LogP contribution >= 0.6 is 23.8 Å². The number of hydrogen-bond acceptors (Lipinski definition) is 5. The smallest absolute Gasteiger partial charge is 0.163 e. The van der Waals surface area contributed by atoms with Crippen LogP contribution in [0, 0.1) is 0 Å². The van der Waals surface area contributed by atoms with Gasteiger partial charge in [0.2, 0.25) is 0 Å². The second kappa shape index (κ2) is 7.11. The summed E-state index contributed by atoms with van der Waals surface area (Å²) in [6, 6.07) is 16.3. The van der Waals surface area contributed by atoms with Crippen LogP contribution in [-0.2, 0) is 4.18 Å². The molecule has 1 heterocycles. The second-order valence-electron chi connectivity index (χ2n) is 4.53. The zero-order valence-corrected chi connectivity index (χ0v) is 13.3. The van der Waals surface area contributed by atoms with Gasteiger partial charge in [0.05, 0.1) is 0 Å². The molecule has 2 aromatic carbocycles. The Kier molecular flexibility index (Phi) is 4.95. The van der Waals surface area contributed by atoms with Crippen molar-refractivity contribution < 1.29 is 13.7 Å². The SMILES string of the molecule is CSOCC1COc2ccc(Sc3ccccc3)cc2O1. The van der Waals surface area contributed by atoms with Crippen LogP contribution in [0.15, 0.2) is 58.3 Å². The fourth-order valence-electron chi connectivity index (χ4n) is 2.01. The Balaban J connectivity index is 1.72. The minimum absolute atomic E-state index is 0.0538. The number of rotatable bonds is 5. The Morgan fingerprint density at radius 3 is 2.76 bits per heavy atom. The van der Waals surface area contributed by atoms with Crippen molar-refractivity contribution in [3.05, 3.63) is 48.5 Å². The molecule has 0 amide bonds. The summed E-state index contributed by atoms with van der Waals surface area (Å²) in [4.78, 5) is 2.34. The Bertz CT molecular complexity index is 589. The maximum atomic E-state index is 5.94. The molecule has 0 spiro atoms. The van der Waals surface area contributed by atoms with E-state index in [-0.39, 0.29) is 6.10 Å². The molecule has 1 atom stereocenters. The first-order valence-corrected chi connectivity index (χ1v) is 8.64. The first-order chi connectivity index (χ1) is 10.3. The van der Waals surface area contributed by atoms with Crippen LogP contribution in [0.4, 0.5) is 0 Å². The first-order valence-electron chi connectivity index (χ1n) is 6.67. The molecule has 0 N–H and O–H groups in total. The third-order valence-corrected chi connectivity index (χ3v) is 4.35. The number of hydrogen-bond donors (Lipinski definition) is 0. The van der Waals surface area contributed by atoms with Gasteiger partial charge in [0.15, 0.2) is 17.6 Å². The molecule has 21 heavy (non-hydrogen) atoms.